The Morgan fingerprint density at radius 2 is 1.97 bits per heavy atom. The van der Waals surface area contributed by atoms with Gasteiger partial charge in [-0.1, -0.05) is 12.1 Å². The van der Waals surface area contributed by atoms with Crippen LogP contribution in [0.2, 0.25) is 0 Å². The number of aromatic nitrogens is 3. The van der Waals surface area contributed by atoms with Crippen molar-refractivity contribution in [2.75, 3.05) is 40.1 Å². The summed E-state index contributed by atoms with van der Waals surface area (Å²) in [6, 6.07) is 7.94. The van der Waals surface area contributed by atoms with Gasteiger partial charge in [0.15, 0.2) is 11.8 Å². The van der Waals surface area contributed by atoms with Crippen LogP contribution in [0.1, 0.15) is 36.5 Å². The van der Waals surface area contributed by atoms with Gasteiger partial charge in [-0.15, -0.1) is 10.2 Å². The van der Waals surface area contributed by atoms with Crippen LogP contribution in [0.4, 0.5) is 0 Å². The van der Waals surface area contributed by atoms with Crippen LogP contribution >= 0.6 is 0 Å². The molecule has 0 aliphatic carbocycles. The number of guanidine groups is 1. The molecule has 176 valence electrons. The first-order chi connectivity index (χ1) is 15.7. The lowest BCUT2D eigenvalue weighted by Gasteiger charge is -2.21. The number of hydrogen-bond donors (Lipinski definition) is 2. The fraction of sp³-hybridized carbons (Fsp3) is 0.609. The van der Waals surface area contributed by atoms with Gasteiger partial charge in [-0.2, -0.15) is 0 Å². The molecule has 2 N–H and O–H groups in total. The average Bonchev–Trinajstić information content (AvgIpc) is 3.15. The van der Waals surface area contributed by atoms with Gasteiger partial charge in [-0.05, 0) is 49.8 Å². The van der Waals surface area contributed by atoms with Crippen LogP contribution in [0.25, 0.3) is 0 Å². The minimum absolute atomic E-state index is 0.548. The summed E-state index contributed by atoms with van der Waals surface area (Å²) in [5.41, 5.74) is 1.11. The van der Waals surface area contributed by atoms with Crippen LogP contribution in [-0.2, 0) is 29.6 Å². The molecule has 0 spiro atoms. The third-order valence-electron chi connectivity index (χ3n) is 5.63. The number of nitrogens with zero attached hydrogens (tertiary/aromatic N) is 4. The average molecular weight is 445 g/mol. The molecular formula is C23H36N6O3. The summed E-state index contributed by atoms with van der Waals surface area (Å²) >= 11 is 0. The van der Waals surface area contributed by atoms with Gasteiger partial charge in [-0.25, -0.2) is 4.99 Å². The monoisotopic (exact) mass is 444 g/mol. The maximum atomic E-state index is 5.86. The second-order valence-corrected chi connectivity index (χ2v) is 8.00. The minimum atomic E-state index is 0.548. The Hall–Kier alpha value is -2.65. The van der Waals surface area contributed by atoms with E-state index in [1.807, 2.05) is 42.8 Å². The van der Waals surface area contributed by atoms with E-state index < -0.39 is 0 Å². The van der Waals surface area contributed by atoms with E-state index in [4.69, 9.17) is 19.2 Å². The van der Waals surface area contributed by atoms with Crippen LogP contribution in [0.3, 0.4) is 0 Å². The van der Waals surface area contributed by atoms with E-state index in [0.717, 1.165) is 81.2 Å². The highest BCUT2D eigenvalue weighted by Gasteiger charge is 2.13. The van der Waals surface area contributed by atoms with Gasteiger partial charge in [0.25, 0.3) is 0 Å². The van der Waals surface area contributed by atoms with E-state index in [1.54, 1.807) is 7.11 Å². The zero-order chi connectivity index (χ0) is 22.6. The summed E-state index contributed by atoms with van der Waals surface area (Å²) in [6.45, 7) is 7.11. The molecule has 9 heteroatoms. The van der Waals surface area contributed by atoms with Crippen molar-refractivity contribution in [3.63, 3.8) is 0 Å². The zero-order valence-corrected chi connectivity index (χ0v) is 19.5. The molecule has 1 aromatic heterocycles. The number of aryl methyl sites for hydroxylation is 1. The number of rotatable bonds is 11. The zero-order valence-electron chi connectivity index (χ0n) is 19.5. The smallest absolute Gasteiger partial charge is 0.191 e. The maximum absolute atomic E-state index is 5.86. The minimum Gasteiger partial charge on any atom is -0.497 e. The normalized spacial score (nSPS) is 15.0. The molecule has 0 amide bonds. The molecule has 3 rings (SSSR count). The lowest BCUT2D eigenvalue weighted by Crippen LogP contribution is -2.38. The standard InChI is InChI=1S/C23H36N6O3/c1-18-27-28-22(29(18)2)16-26-23(25-15-19-5-7-21(30-3)8-6-19)24-11-4-12-32-17-20-9-13-31-14-10-20/h5-8,20H,4,9-17H2,1-3H3,(H2,24,25,26). The second-order valence-electron chi connectivity index (χ2n) is 8.00. The highest BCUT2D eigenvalue weighted by atomic mass is 16.5. The third-order valence-corrected chi connectivity index (χ3v) is 5.63. The number of methoxy groups -OCH3 is 1. The molecule has 2 heterocycles. The highest BCUT2D eigenvalue weighted by Crippen LogP contribution is 2.14. The maximum Gasteiger partial charge on any atom is 0.191 e. The Balaban J connectivity index is 1.46. The van der Waals surface area contributed by atoms with Crippen LogP contribution in [-0.4, -0.2) is 60.8 Å². The SMILES string of the molecule is COc1ccc(CN=C(NCCCOCC2CCOCC2)NCc2nnc(C)n2C)cc1. The first-order valence-corrected chi connectivity index (χ1v) is 11.3. The van der Waals surface area contributed by atoms with Crippen molar-refractivity contribution >= 4 is 5.96 Å². The van der Waals surface area contributed by atoms with E-state index in [0.29, 0.717) is 19.0 Å². The second kappa shape index (κ2) is 13.0. The number of aliphatic imine (C=N–C) groups is 1. The molecule has 0 unspecified atom stereocenters. The summed E-state index contributed by atoms with van der Waals surface area (Å²) in [7, 11) is 3.63. The van der Waals surface area contributed by atoms with Gasteiger partial charge in [0.05, 0.1) is 20.2 Å². The molecule has 9 nitrogen and oxygen atoms in total. The first-order valence-electron chi connectivity index (χ1n) is 11.3. The Morgan fingerprint density at radius 1 is 1.19 bits per heavy atom. The van der Waals surface area contributed by atoms with Crippen LogP contribution in [0.15, 0.2) is 29.3 Å². The van der Waals surface area contributed by atoms with E-state index in [1.165, 1.54) is 0 Å². The lowest BCUT2D eigenvalue weighted by atomic mass is 10.0. The largest absolute Gasteiger partial charge is 0.497 e. The van der Waals surface area contributed by atoms with Crippen molar-refractivity contribution in [1.82, 2.24) is 25.4 Å². The van der Waals surface area contributed by atoms with Gasteiger partial charge in [0.1, 0.15) is 11.6 Å². The van der Waals surface area contributed by atoms with E-state index in [2.05, 4.69) is 20.8 Å². The Labute approximate surface area is 190 Å². The van der Waals surface area contributed by atoms with Gasteiger partial charge in [0.2, 0.25) is 0 Å². The predicted octanol–water partition coefficient (Wildman–Crippen LogP) is 2.20. The highest BCUT2D eigenvalue weighted by molar-refractivity contribution is 5.79. The van der Waals surface area contributed by atoms with E-state index >= 15 is 0 Å². The Bertz CT molecular complexity index is 831. The molecule has 0 saturated carbocycles. The Morgan fingerprint density at radius 3 is 2.66 bits per heavy atom. The molecule has 1 saturated heterocycles. The number of benzene rings is 1. The van der Waals surface area contributed by atoms with Crippen LogP contribution < -0.4 is 15.4 Å². The van der Waals surface area contributed by atoms with Crippen LogP contribution in [0, 0.1) is 12.8 Å². The molecule has 32 heavy (non-hydrogen) atoms. The summed E-state index contributed by atoms with van der Waals surface area (Å²) in [4.78, 5) is 4.73. The molecular weight excluding hydrogens is 408 g/mol. The molecule has 1 aliphatic heterocycles. The van der Waals surface area contributed by atoms with E-state index in [9.17, 15) is 0 Å². The van der Waals surface area contributed by atoms with Crippen LogP contribution in [0.5, 0.6) is 5.75 Å². The summed E-state index contributed by atoms with van der Waals surface area (Å²) in [5, 5.41) is 15.1. The van der Waals surface area contributed by atoms with Gasteiger partial charge in [0, 0.05) is 40.0 Å². The third kappa shape index (κ3) is 7.80. The summed E-state index contributed by atoms with van der Waals surface area (Å²) in [5.74, 6) is 3.96. The molecule has 1 aromatic carbocycles. The number of ether oxygens (including phenoxy) is 3. The first kappa shape index (κ1) is 24.0. The van der Waals surface area contributed by atoms with Crippen molar-refractivity contribution in [3.05, 3.63) is 41.5 Å². The van der Waals surface area contributed by atoms with Gasteiger partial charge in [-0.3, -0.25) is 0 Å². The lowest BCUT2D eigenvalue weighted by molar-refractivity contribution is 0.0203. The molecule has 1 fully saturated rings. The van der Waals surface area contributed by atoms with Gasteiger partial charge >= 0.3 is 0 Å². The molecule has 2 aromatic rings. The molecule has 0 atom stereocenters. The van der Waals surface area contributed by atoms with Crippen molar-refractivity contribution in [1.29, 1.82) is 0 Å². The molecule has 0 radical (unpaired) electrons. The Kier molecular flexibility index (Phi) is 9.77. The number of hydrogen-bond acceptors (Lipinski definition) is 6. The topological polar surface area (TPSA) is 94.8 Å². The van der Waals surface area contributed by atoms with E-state index in [-0.39, 0.29) is 0 Å². The van der Waals surface area contributed by atoms with Crippen molar-refractivity contribution in [3.8, 4) is 5.75 Å². The quantitative estimate of drug-likeness (QED) is 0.312. The molecule has 1 aliphatic rings. The summed E-state index contributed by atoms with van der Waals surface area (Å²) in [6.07, 6.45) is 3.12. The predicted molar refractivity (Wildman–Crippen MR) is 124 cm³/mol. The van der Waals surface area contributed by atoms with Crippen molar-refractivity contribution in [2.45, 2.75) is 39.3 Å². The van der Waals surface area contributed by atoms with Crippen molar-refractivity contribution in [2.24, 2.45) is 18.0 Å². The van der Waals surface area contributed by atoms with Gasteiger partial charge < -0.3 is 29.4 Å². The summed E-state index contributed by atoms with van der Waals surface area (Å²) < 4.78 is 18.5. The fourth-order valence-electron chi connectivity index (χ4n) is 3.39. The van der Waals surface area contributed by atoms with Crippen molar-refractivity contribution < 1.29 is 14.2 Å². The fourth-order valence-corrected chi connectivity index (χ4v) is 3.39. The molecule has 0 bridgehead atoms. The number of nitrogens with one attached hydrogen (secondary N) is 2.